The number of nitrogens with one attached hydrogen (secondary N) is 1. The zero-order valence-electron chi connectivity index (χ0n) is 20.2. The minimum absolute atomic E-state index is 0.130. The van der Waals surface area contributed by atoms with E-state index in [4.69, 9.17) is 4.74 Å². The van der Waals surface area contributed by atoms with Crippen LogP contribution < -0.4 is 10.2 Å². The predicted molar refractivity (Wildman–Crippen MR) is 137 cm³/mol. The summed E-state index contributed by atoms with van der Waals surface area (Å²) in [7, 11) is 0. The van der Waals surface area contributed by atoms with Gasteiger partial charge in [-0.25, -0.2) is 9.78 Å². The Labute approximate surface area is 205 Å². The molecular formula is C27H31N5O3. The average molecular weight is 474 g/mol. The normalized spacial score (nSPS) is 13.7. The van der Waals surface area contributed by atoms with Crippen molar-refractivity contribution in [2.45, 2.75) is 39.7 Å². The minimum atomic E-state index is -0.551. The van der Waals surface area contributed by atoms with Crippen LogP contribution in [0.4, 0.5) is 16.3 Å². The van der Waals surface area contributed by atoms with Crippen molar-refractivity contribution in [1.29, 1.82) is 0 Å². The molecule has 1 N–H and O–H groups in total. The van der Waals surface area contributed by atoms with Crippen LogP contribution in [0.25, 0.3) is 6.08 Å². The topological polar surface area (TPSA) is 89.4 Å². The highest BCUT2D eigenvalue weighted by molar-refractivity contribution is 6.07. The maximum atomic E-state index is 12.6. The zero-order chi connectivity index (χ0) is 24.6. The van der Waals surface area contributed by atoms with E-state index < -0.39 is 6.09 Å². The molecule has 0 atom stereocenters. The van der Waals surface area contributed by atoms with E-state index in [0.717, 1.165) is 36.0 Å². The summed E-state index contributed by atoms with van der Waals surface area (Å²) in [6.45, 7) is 6.63. The molecule has 4 rings (SSSR count). The van der Waals surface area contributed by atoms with Gasteiger partial charge in [0.05, 0.1) is 17.9 Å². The van der Waals surface area contributed by atoms with E-state index in [2.05, 4.69) is 20.3 Å². The third-order valence-electron chi connectivity index (χ3n) is 5.90. The number of hydrogen-bond acceptors (Lipinski definition) is 6. The van der Waals surface area contributed by atoms with Crippen molar-refractivity contribution in [3.05, 3.63) is 77.3 Å². The van der Waals surface area contributed by atoms with E-state index in [1.165, 1.54) is 25.3 Å². The number of amides is 1. The molecule has 0 spiro atoms. The number of pyridine rings is 1. The fourth-order valence-electron chi connectivity index (χ4n) is 4.09. The van der Waals surface area contributed by atoms with Crippen molar-refractivity contribution >= 4 is 29.5 Å². The van der Waals surface area contributed by atoms with Crippen LogP contribution in [0, 0.1) is 13.8 Å². The maximum Gasteiger partial charge on any atom is 0.411 e. The first-order chi connectivity index (χ1) is 17.0. The monoisotopic (exact) mass is 473 g/mol. The van der Waals surface area contributed by atoms with E-state index in [1.54, 1.807) is 35.0 Å². The fraction of sp³-hybridized carbons (Fsp3) is 0.333. The number of benzene rings is 1. The van der Waals surface area contributed by atoms with Crippen LogP contribution >= 0.6 is 0 Å². The summed E-state index contributed by atoms with van der Waals surface area (Å²) in [5, 5.41) is 7.01. The molecule has 3 heterocycles. The third-order valence-corrected chi connectivity index (χ3v) is 5.90. The van der Waals surface area contributed by atoms with Gasteiger partial charge in [-0.05, 0) is 87.7 Å². The first kappa shape index (κ1) is 24.2. The van der Waals surface area contributed by atoms with Gasteiger partial charge in [0.15, 0.2) is 5.78 Å². The Kier molecular flexibility index (Phi) is 7.92. The Bertz CT molecular complexity index is 1190. The molecule has 1 aromatic carbocycles. The lowest BCUT2D eigenvalue weighted by atomic mass is 10.1. The number of hydrogen-bond donors (Lipinski definition) is 1. The highest BCUT2D eigenvalue weighted by atomic mass is 16.5. The lowest BCUT2D eigenvalue weighted by molar-refractivity contribution is 0.104. The smallest absolute Gasteiger partial charge is 0.411 e. The lowest BCUT2D eigenvalue weighted by Gasteiger charge is -2.27. The van der Waals surface area contributed by atoms with E-state index in [0.29, 0.717) is 17.8 Å². The molecular weight excluding hydrogens is 442 g/mol. The molecule has 35 heavy (non-hydrogen) atoms. The first-order valence-electron chi connectivity index (χ1n) is 12.0. The van der Waals surface area contributed by atoms with Gasteiger partial charge < -0.3 is 9.64 Å². The van der Waals surface area contributed by atoms with E-state index >= 15 is 0 Å². The van der Waals surface area contributed by atoms with E-state index in [-0.39, 0.29) is 12.4 Å². The Morgan fingerprint density at radius 1 is 1.06 bits per heavy atom. The number of ketones is 1. The number of piperidine rings is 1. The second-order valence-electron chi connectivity index (χ2n) is 8.65. The second-order valence-corrected chi connectivity index (χ2v) is 8.65. The van der Waals surface area contributed by atoms with Crippen molar-refractivity contribution < 1.29 is 14.3 Å². The van der Waals surface area contributed by atoms with Crippen LogP contribution in [-0.2, 0) is 11.3 Å². The number of anilines is 2. The Hall–Kier alpha value is -3.94. The molecule has 1 fully saturated rings. The number of carbonyl (C=O) groups is 2. The molecule has 0 unspecified atom stereocenters. The maximum absolute atomic E-state index is 12.6. The van der Waals surface area contributed by atoms with Gasteiger partial charge in [-0.2, -0.15) is 5.10 Å². The number of allylic oxidation sites excluding steroid dienone is 1. The molecule has 0 aliphatic carbocycles. The number of rotatable bonds is 8. The van der Waals surface area contributed by atoms with Crippen molar-refractivity contribution in [1.82, 2.24) is 14.8 Å². The summed E-state index contributed by atoms with van der Waals surface area (Å²) in [6.07, 6.45) is 6.36. The molecule has 3 aromatic rings. The van der Waals surface area contributed by atoms with Crippen LogP contribution in [0.3, 0.4) is 0 Å². The minimum Gasteiger partial charge on any atom is -0.447 e. The predicted octanol–water partition coefficient (Wildman–Crippen LogP) is 5.03. The van der Waals surface area contributed by atoms with Crippen LogP contribution in [0.15, 0.2) is 54.6 Å². The molecule has 8 heteroatoms. The van der Waals surface area contributed by atoms with Gasteiger partial charge in [0.2, 0.25) is 0 Å². The number of ether oxygens (including phenoxy) is 1. The highest BCUT2D eigenvalue weighted by Crippen LogP contribution is 2.18. The summed E-state index contributed by atoms with van der Waals surface area (Å²) in [5.74, 6) is 0.825. The second kappa shape index (κ2) is 11.5. The molecule has 1 aliphatic heterocycles. The van der Waals surface area contributed by atoms with Gasteiger partial charge in [-0.15, -0.1) is 0 Å². The van der Waals surface area contributed by atoms with Crippen molar-refractivity contribution in [2.75, 3.05) is 29.9 Å². The Morgan fingerprint density at radius 3 is 2.54 bits per heavy atom. The number of carbonyl (C=O) groups excluding carboxylic acids is 2. The summed E-state index contributed by atoms with van der Waals surface area (Å²) in [4.78, 5) is 31.6. The molecule has 2 aromatic heterocycles. The van der Waals surface area contributed by atoms with Crippen molar-refractivity contribution in [2.24, 2.45) is 0 Å². The molecule has 1 amide bonds. The quantitative estimate of drug-likeness (QED) is 0.365. The number of nitrogens with zero attached hydrogens (tertiary/aromatic N) is 4. The largest absolute Gasteiger partial charge is 0.447 e. The molecule has 0 saturated carbocycles. The average Bonchev–Trinajstić information content (AvgIpc) is 3.20. The molecule has 0 radical (unpaired) electrons. The molecule has 182 valence electrons. The van der Waals surface area contributed by atoms with Crippen molar-refractivity contribution in [3.63, 3.8) is 0 Å². The summed E-state index contributed by atoms with van der Waals surface area (Å²) in [5.41, 5.74) is 3.78. The van der Waals surface area contributed by atoms with E-state index in [1.807, 2.05) is 38.1 Å². The Balaban J connectivity index is 1.27. The van der Waals surface area contributed by atoms with Crippen LogP contribution in [0.1, 0.15) is 46.7 Å². The number of aromatic nitrogens is 3. The first-order valence-corrected chi connectivity index (χ1v) is 12.0. The molecule has 0 bridgehead atoms. The molecule has 1 saturated heterocycles. The van der Waals surface area contributed by atoms with Gasteiger partial charge in [-0.3, -0.25) is 14.8 Å². The van der Waals surface area contributed by atoms with Crippen LogP contribution in [-0.4, -0.2) is 46.3 Å². The summed E-state index contributed by atoms with van der Waals surface area (Å²) < 4.78 is 7.03. The standard InChI is InChI=1S/C27H31N5O3/c1-20-19-21(2)32(30-20)17-18-35-27(34)29-24-11-9-22(10-12-24)25(33)14-13-23-7-6-8-26(28-23)31-15-4-3-5-16-31/h6-14,19H,3-5,15-18H2,1-2H3,(H,29,34). The van der Waals surface area contributed by atoms with Gasteiger partial charge >= 0.3 is 6.09 Å². The van der Waals surface area contributed by atoms with Crippen LogP contribution in [0.5, 0.6) is 0 Å². The van der Waals surface area contributed by atoms with Gasteiger partial charge in [0.1, 0.15) is 12.4 Å². The summed E-state index contributed by atoms with van der Waals surface area (Å²) in [6, 6.07) is 14.6. The summed E-state index contributed by atoms with van der Waals surface area (Å²) >= 11 is 0. The lowest BCUT2D eigenvalue weighted by Crippen LogP contribution is -2.30. The van der Waals surface area contributed by atoms with Gasteiger partial charge in [-0.1, -0.05) is 6.07 Å². The third kappa shape index (κ3) is 6.79. The van der Waals surface area contributed by atoms with Gasteiger partial charge in [0.25, 0.3) is 0 Å². The highest BCUT2D eigenvalue weighted by Gasteiger charge is 2.12. The SMILES string of the molecule is Cc1cc(C)n(CCOC(=O)Nc2ccc(C(=O)C=Cc3cccc(N4CCCCC4)n3)cc2)n1. The molecule has 8 nitrogen and oxygen atoms in total. The number of aryl methyl sites for hydroxylation is 2. The van der Waals surface area contributed by atoms with Gasteiger partial charge in [0, 0.05) is 30.0 Å². The molecule has 1 aliphatic rings. The van der Waals surface area contributed by atoms with Crippen LogP contribution in [0.2, 0.25) is 0 Å². The van der Waals surface area contributed by atoms with Crippen molar-refractivity contribution in [3.8, 4) is 0 Å². The zero-order valence-corrected chi connectivity index (χ0v) is 20.2. The fourth-order valence-corrected chi connectivity index (χ4v) is 4.09. The van der Waals surface area contributed by atoms with E-state index in [9.17, 15) is 9.59 Å². The Morgan fingerprint density at radius 2 is 1.83 bits per heavy atom.